The molecule has 2 aromatic carbocycles. The Bertz CT molecular complexity index is 1060. The zero-order valence-corrected chi connectivity index (χ0v) is 16.8. The second-order valence-electron chi connectivity index (χ2n) is 7.23. The molecule has 4 rings (SSSR count). The van der Waals surface area contributed by atoms with Crippen molar-refractivity contribution in [2.75, 3.05) is 11.4 Å². The zero-order valence-electron chi connectivity index (χ0n) is 16.8. The molecule has 3 aromatic rings. The van der Waals surface area contributed by atoms with Crippen molar-refractivity contribution >= 4 is 17.6 Å². The first-order valence-electron chi connectivity index (χ1n) is 10.1. The summed E-state index contributed by atoms with van der Waals surface area (Å²) in [5, 5.41) is 2.82. The summed E-state index contributed by atoms with van der Waals surface area (Å²) in [6, 6.07) is 18.8. The predicted molar refractivity (Wildman–Crippen MR) is 114 cm³/mol. The number of nitrogens with one attached hydrogen (secondary N) is 1. The topological polar surface area (TPSA) is 71.5 Å². The van der Waals surface area contributed by atoms with Crippen LogP contribution in [0.3, 0.4) is 0 Å². The minimum Gasteiger partial charge on any atom is -0.472 e. The summed E-state index contributed by atoms with van der Waals surface area (Å²) < 4.78 is 18.9. The first-order valence-corrected chi connectivity index (χ1v) is 10.1. The fourth-order valence-electron chi connectivity index (χ4n) is 3.44. The maximum atomic E-state index is 13.1. The van der Waals surface area contributed by atoms with E-state index in [9.17, 15) is 14.0 Å². The number of amides is 2. The van der Waals surface area contributed by atoms with Crippen LogP contribution in [0.25, 0.3) is 0 Å². The summed E-state index contributed by atoms with van der Waals surface area (Å²) in [6.45, 7) is 0.676. The fraction of sp³-hybridized carbons (Fsp3) is 0.208. The minimum atomic E-state index is -0.745. The molecule has 1 atom stereocenters. The lowest BCUT2D eigenvalue weighted by atomic mass is 10.1. The summed E-state index contributed by atoms with van der Waals surface area (Å²) >= 11 is 0. The van der Waals surface area contributed by atoms with Gasteiger partial charge >= 0.3 is 0 Å². The van der Waals surface area contributed by atoms with Gasteiger partial charge in [0, 0.05) is 31.3 Å². The average Bonchev–Trinajstić information content (AvgIpc) is 2.80. The van der Waals surface area contributed by atoms with E-state index in [0.717, 1.165) is 11.1 Å². The smallest absolute Gasteiger partial charge is 0.274 e. The van der Waals surface area contributed by atoms with E-state index in [1.54, 1.807) is 35.4 Å². The number of hydrogen-bond donors (Lipinski definition) is 1. The highest BCUT2D eigenvalue weighted by molar-refractivity contribution is 5.99. The Morgan fingerprint density at radius 2 is 1.84 bits per heavy atom. The van der Waals surface area contributed by atoms with Crippen molar-refractivity contribution in [3.8, 4) is 5.75 Å². The lowest BCUT2D eigenvalue weighted by molar-refractivity contribution is -0.127. The number of halogens is 1. The van der Waals surface area contributed by atoms with E-state index in [1.807, 2.05) is 30.3 Å². The van der Waals surface area contributed by atoms with Gasteiger partial charge in [-0.1, -0.05) is 42.5 Å². The molecule has 0 radical (unpaired) electrons. The van der Waals surface area contributed by atoms with E-state index in [1.165, 1.54) is 12.1 Å². The van der Waals surface area contributed by atoms with Crippen molar-refractivity contribution in [1.82, 2.24) is 10.3 Å². The molecular weight excluding hydrogens is 397 g/mol. The monoisotopic (exact) mass is 419 g/mol. The maximum absolute atomic E-state index is 13.1. The van der Waals surface area contributed by atoms with Gasteiger partial charge in [0.05, 0.1) is 0 Å². The van der Waals surface area contributed by atoms with Crippen molar-refractivity contribution in [1.29, 1.82) is 0 Å². The highest BCUT2D eigenvalue weighted by Gasteiger charge is 2.36. The number of benzene rings is 2. The van der Waals surface area contributed by atoms with Gasteiger partial charge in [0.2, 0.25) is 12.0 Å². The van der Waals surface area contributed by atoms with Crippen molar-refractivity contribution in [2.24, 2.45) is 0 Å². The molecule has 1 aromatic heterocycles. The van der Waals surface area contributed by atoms with Crippen LogP contribution < -0.4 is 15.0 Å². The van der Waals surface area contributed by atoms with Crippen LogP contribution in [0.1, 0.15) is 30.1 Å². The summed E-state index contributed by atoms with van der Waals surface area (Å²) in [5.41, 5.74) is 1.59. The molecule has 0 bridgehead atoms. The summed E-state index contributed by atoms with van der Waals surface area (Å²) in [5.74, 6) is 0.353. The minimum absolute atomic E-state index is 0.133. The largest absolute Gasteiger partial charge is 0.472 e. The van der Waals surface area contributed by atoms with E-state index < -0.39 is 6.10 Å². The van der Waals surface area contributed by atoms with Crippen LogP contribution in [0.15, 0.2) is 72.9 Å². The van der Waals surface area contributed by atoms with Gasteiger partial charge in [-0.3, -0.25) is 14.5 Å². The molecule has 0 fully saturated rings. The summed E-state index contributed by atoms with van der Waals surface area (Å²) in [7, 11) is 0. The number of hydrogen-bond acceptors (Lipinski definition) is 4. The molecule has 1 aliphatic heterocycles. The van der Waals surface area contributed by atoms with Gasteiger partial charge in [-0.2, -0.15) is 0 Å². The first kappa shape index (κ1) is 20.5. The Kier molecular flexibility index (Phi) is 6.21. The Labute approximate surface area is 179 Å². The van der Waals surface area contributed by atoms with Gasteiger partial charge in [0.1, 0.15) is 5.82 Å². The highest BCUT2D eigenvalue weighted by atomic mass is 19.1. The number of anilines is 1. The highest BCUT2D eigenvalue weighted by Crippen LogP contribution is 2.37. The molecule has 0 spiro atoms. The van der Waals surface area contributed by atoms with Gasteiger partial charge in [0.25, 0.3) is 5.91 Å². The van der Waals surface area contributed by atoms with Crippen LogP contribution in [-0.2, 0) is 16.1 Å². The molecule has 0 unspecified atom stereocenters. The first-order chi connectivity index (χ1) is 15.1. The third-order valence-corrected chi connectivity index (χ3v) is 5.03. The molecule has 1 N–H and O–H groups in total. The molecular formula is C24H22FN3O3. The number of ether oxygens (including phenoxy) is 1. The van der Waals surface area contributed by atoms with E-state index in [0.29, 0.717) is 31.1 Å². The van der Waals surface area contributed by atoms with Crippen LogP contribution in [0.5, 0.6) is 5.75 Å². The Balaban J connectivity index is 1.38. The molecule has 0 aliphatic carbocycles. The third kappa shape index (κ3) is 4.88. The van der Waals surface area contributed by atoms with Gasteiger partial charge in [-0.25, -0.2) is 9.37 Å². The van der Waals surface area contributed by atoms with Crippen molar-refractivity contribution in [3.63, 3.8) is 0 Å². The van der Waals surface area contributed by atoms with Crippen molar-refractivity contribution in [3.05, 3.63) is 89.9 Å². The molecule has 0 saturated carbocycles. The molecule has 2 amide bonds. The van der Waals surface area contributed by atoms with Crippen molar-refractivity contribution < 1.29 is 18.7 Å². The lowest BCUT2D eigenvalue weighted by Crippen LogP contribution is -2.42. The second-order valence-corrected chi connectivity index (χ2v) is 7.23. The summed E-state index contributed by atoms with van der Waals surface area (Å²) in [6.07, 6.45) is 1.59. The van der Waals surface area contributed by atoms with E-state index >= 15 is 0 Å². The number of nitrogens with zero attached hydrogens (tertiary/aromatic N) is 2. The number of fused-ring (bicyclic) bond motifs is 1. The number of carbonyl (C=O) groups is 2. The molecule has 7 heteroatoms. The van der Waals surface area contributed by atoms with Crippen LogP contribution in [0.2, 0.25) is 0 Å². The molecule has 31 heavy (non-hydrogen) atoms. The van der Waals surface area contributed by atoms with Gasteiger partial charge < -0.3 is 10.1 Å². The molecule has 1 aliphatic rings. The van der Waals surface area contributed by atoms with Crippen molar-refractivity contribution in [2.45, 2.75) is 25.5 Å². The normalized spacial score (nSPS) is 15.2. The lowest BCUT2D eigenvalue weighted by Gasteiger charge is -2.33. The number of rotatable bonds is 7. The fourth-order valence-corrected chi connectivity index (χ4v) is 3.44. The Morgan fingerprint density at radius 1 is 1.06 bits per heavy atom. The standard InChI is InChI=1S/C24H22FN3O3/c25-19-12-10-17(11-13-19)16-27-21(29)9-5-15-28-23-20(8-4-14-26-23)31-22(24(28)30)18-6-2-1-3-7-18/h1-4,6-8,10-14,22H,5,9,15-16H2,(H,27,29)/t22-/m1/s1. The van der Waals surface area contributed by atoms with Gasteiger partial charge in [-0.15, -0.1) is 0 Å². The van der Waals surface area contributed by atoms with Crippen LogP contribution >= 0.6 is 0 Å². The Hall–Kier alpha value is -3.74. The van der Waals surface area contributed by atoms with Gasteiger partial charge in [-0.05, 0) is 36.2 Å². The molecule has 6 nitrogen and oxygen atoms in total. The van der Waals surface area contributed by atoms with E-state index in [-0.39, 0.29) is 24.1 Å². The zero-order chi connectivity index (χ0) is 21.6. The van der Waals surface area contributed by atoms with Crippen LogP contribution in [-0.4, -0.2) is 23.3 Å². The van der Waals surface area contributed by atoms with Crippen LogP contribution in [0.4, 0.5) is 10.2 Å². The molecule has 0 saturated heterocycles. The van der Waals surface area contributed by atoms with Gasteiger partial charge in [0.15, 0.2) is 11.6 Å². The third-order valence-electron chi connectivity index (χ3n) is 5.03. The average molecular weight is 419 g/mol. The molecule has 158 valence electrons. The van der Waals surface area contributed by atoms with E-state index in [4.69, 9.17) is 4.74 Å². The maximum Gasteiger partial charge on any atom is 0.274 e. The van der Waals surface area contributed by atoms with E-state index in [2.05, 4.69) is 10.3 Å². The second kappa shape index (κ2) is 9.38. The molecule has 2 heterocycles. The van der Waals surface area contributed by atoms with Crippen LogP contribution in [0, 0.1) is 5.82 Å². The predicted octanol–water partition coefficient (Wildman–Crippen LogP) is 3.78. The summed E-state index contributed by atoms with van der Waals surface area (Å²) in [4.78, 5) is 31.2. The Morgan fingerprint density at radius 3 is 2.61 bits per heavy atom. The number of aromatic nitrogens is 1. The SMILES string of the molecule is O=C(CCCN1C(=O)[C@@H](c2ccccc2)Oc2cccnc21)NCc1ccc(F)cc1. The number of pyridine rings is 1. The quantitative estimate of drug-likeness (QED) is 0.633. The number of carbonyl (C=O) groups excluding carboxylic acids is 2.